The van der Waals surface area contributed by atoms with Gasteiger partial charge in [-0.15, -0.1) is 0 Å². The molecule has 2 N–H and O–H groups in total. The summed E-state index contributed by atoms with van der Waals surface area (Å²) in [6, 6.07) is 25.5. The van der Waals surface area contributed by atoms with Gasteiger partial charge in [0.1, 0.15) is 18.0 Å². The first kappa shape index (κ1) is 25.7. The molecule has 3 aromatic carbocycles. The van der Waals surface area contributed by atoms with E-state index in [9.17, 15) is 9.90 Å². The summed E-state index contributed by atoms with van der Waals surface area (Å²) in [7, 11) is 0. The zero-order valence-electron chi connectivity index (χ0n) is 21.2. The predicted octanol–water partition coefficient (Wildman–Crippen LogP) is 5.68. The normalized spacial score (nSPS) is 19.0. The lowest BCUT2D eigenvalue weighted by Gasteiger charge is -2.45. The number of hydrogen-bond donors (Lipinski definition) is 2. The van der Waals surface area contributed by atoms with E-state index >= 15 is 0 Å². The Balaban J connectivity index is 1.47. The van der Waals surface area contributed by atoms with Crippen molar-refractivity contribution in [2.45, 2.75) is 50.9 Å². The quantitative estimate of drug-likeness (QED) is 0.404. The van der Waals surface area contributed by atoms with Crippen LogP contribution in [0.3, 0.4) is 0 Å². The first-order chi connectivity index (χ1) is 17.2. The van der Waals surface area contributed by atoms with Crippen molar-refractivity contribution in [3.63, 3.8) is 0 Å². The van der Waals surface area contributed by atoms with Crippen LogP contribution in [0.5, 0.6) is 5.75 Å². The smallest absolute Gasteiger partial charge is 0.411 e. The summed E-state index contributed by atoms with van der Waals surface area (Å²) in [6.45, 7) is 6.29. The molecule has 1 fully saturated rings. The van der Waals surface area contributed by atoms with E-state index in [1.54, 1.807) is 18.7 Å². The first-order valence-electron chi connectivity index (χ1n) is 12.4. The Bertz CT molecular complexity index is 1140. The van der Waals surface area contributed by atoms with Crippen LogP contribution in [0.25, 0.3) is 11.1 Å². The van der Waals surface area contributed by atoms with Crippen molar-refractivity contribution >= 4 is 6.09 Å². The molecule has 1 saturated heterocycles. The summed E-state index contributed by atoms with van der Waals surface area (Å²) in [5.74, 6) is 0.720. The van der Waals surface area contributed by atoms with E-state index in [0.29, 0.717) is 19.4 Å². The molecule has 0 aromatic heterocycles. The van der Waals surface area contributed by atoms with Gasteiger partial charge in [-0.1, -0.05) is 66.7 Å². The molecule has 0 aliphatic carbocycles. The topological polar surface area (TPSA) is 79.2 Å². The zero-order chi connectivity index (χ0) is 25.8. The molecule has 6 nitrogen and oxygen atoms in total. The molecule has 0 spiro atoms. The lowest BCUT2D eigenvalue weighted by atomic mass is 9.80. The average Bonchev–Trinajstić information content (AvgIpc) is 2.87. The van der Waals surface area contributed by atoms with Crippen LogP contribution in [0.2, 0.25) is 0 Å². The lowest BCUT2D eigenvalue weighted by Crippen LogP contribution is -2.51. The zero-order valence-corrected chi connectivity index (χ0v) is 21.2. The Kier molecular flexibility index (Phi) is 7.67. The number of ether oxygens (including phenoxy) is 2. The highest BCUT2D eigenvalue weighted by Crippen LogP contribution is 2.42. The van der Waals surface area contributed by atoms with E-state index in [0.717, 1.165) is 28.0 Å². The van der Waals surface area contributed by atoms with Gasteiger partial charge in [-0.2, -0.15) is 0 Å². The van der Waals surface area contributed by atoms with E-state index in [4.69, 9.17) is 14.6 Å². The molecule has 2 atom stereocenters. The van der Waals surface area contributed by atoms with Gasteiger partial charge in [0.2, 0.25) is 0 Å². The minimum Gasteiger partial charge on any atom is -0.491 e. The molecule has 1 heterocycles. The summed E-state index contributed by atoms with van der Waals surface area (Å²) in [5, 5.41) is 19.5. The molecule has 0 saturated carbocycles. The van der Waals surface area contributed by atoms with Crippen molar-refractivity contribution in [2.24, 2.45) is 0 Å². The number of hydrogen-bond acceptors (Lipinski definition) is 5. The van der Waals surface area contributed by atoms with Crippen LogP contribution in [-0.4, -0.2) is 46.6 Å². The van der Waals surface area contributed by atoms with Crippen molar-refractivity contribution in [3.8, 4) is 16.9 Å². The molecule has 0 radical (unpaired) electrons. The third-order valence-corrected chi connectivity index (χ3v) is 6.70. The van der Waals surface area contributed by atoms with E-state index in [2.05, 4.69) is 0 Å². The van der Waals surface area contributed by atoms with Gasteiger partial charge in [0.25, 0.3) is 0 Å². The molecule has 1 amide bonds. The van der Waals surface area contributed by atoms with Crippen LogP contribution >= 0.6 is 0 Å². The number of amides is 1. The van der Waals surface area contributed by atoms with E-state index in [1.807, 2.05) is 85.8 Å². The van der Waals surface area contributed by atoms with Gasteiger partial charge in [0, 0.05) is 19.4 Å². The summed E-state index contributed by atoms with van der Waals surface area (Å²) < 4.78 is 11.6. The number of carbonyl (C=O) groups is 1. The van der Waals surface area contributed by atoms with Crippen molar-refractivity contribution < 1.29 is 24.5 Å². The van der Waals surface area contributed by atoms with Gasteiger partial charge in [-0.3, -0.25) is 0 Å². The molecule has 1 aliphatic heterocycles. The molecular weight excluding hydrogens is 454 g/mol. The highest BCUT2D eigenvalue weighted by atomic mass is 16.6. The predicted molar refractivity (Wildman–Crippen MR) is 140 cm³/mol. The van der Waals surface area contributed by atoms with Crippen LogP contribution in [0, 0.1) is 0 Å². The fraction of sp³-hybridized carbons (Fsp3) is 0.367. The number of aliphatic hydroxyl groups is 2. The van der Waals surface area contributed by atoms with Crippen LogP contribution in [0.4, 0.5) is 4.79 Å². The molecule has 0 unspecified atom stereocenters. The molecule has 1 aliphatic rings. The lowest BCUT2D eigenvalue weighted by molar-refractivity contribution is -0.101. The monoisotopic (exact) mass is 489 g/mol. The number of aliphatic hydroxyl groups excluding tert-OH is 1. The fourth-order valence-electron chi connectivity index (χ4n) is 4.93. The number of nitrogens with zero attached hydrogens (tertiary/aromatic N) is 1. The molecule has 36 heavy (non-hydrogen) atoms. The Morgan fingerprint density at radius 2 is 1.61 bits per heavy atom. The largest absolute Gasteiger partial charge is 0.491 e. The van der Waals surface area contributed by atoms with Gasteiger partial charge in [-0.05, 0) is 55.2 Å². The van der Waals surface area contributed by atoms with Crippen LogP contribution in [-0.2, 0) is 10.3 Å². The second-order valence-corrected chi connectivity index (χ2v) is 10.1. The van der Waals surface area contributed by atoms with Crippen molar-refractivity contribution in [2.75, 3.05) is 19.8 Å². The second kappa shape index (κ2) is 10.7. The maximum atomic E-state index is 13.3. The Hall–Kier alpha value is -3.35. The number of carbonyl (C=O) groups excluding carboxylic acids is 1. The fourth-order valence-corrected chi connectivity index (χ4v) is 4.93. The number of benzene rings is 3. The standard InChI is InChI=1S/C30H35NO5/c1-22(23-9-11-24(12-10-23)25-13-15-27(16-14-25)35-20-19-32)31-18-17-30(36-28(31)33,21-29(2,3)34)26-7-5-4-6-8-26/h4-16,22,32,34H,17-21H2,1-3H3/t22-,30-/m0/s1. The number of rotatable bonds is 9. The van der Waals surface area contributed by atoms with Gasteiger partial charge in [0.05, 0.1) is 18.2 Å². The summed E-state index contributed by atoms with van der Waals surface area (Å²) in [5.41, 5.74) is 2.21. The minimum atomic E-state index is -0.983. The van der Waals surface area contributed by atoms with Gasteiger partial charge in [0.15, 0.2) is 0 Å². The van der Waals surface area contributed by atoms with E-state index < -0.39 is 11.2 Å². The summed E-state index contributed by atoms with van der Waals surface area (Å²) in [4.78, 5) is 15.0. The SMILES string of the molecule is C[C@@H](c1ccc(-c2ccc(OCCO)cc2)cc1)N1CC[C@](CC(C)(C)O)(c2ccccc2)OC1=O. The van der Waals surface area contributed by atoms with Gasteiger partial charge < -0.3 is 24.6 Å². The Morgan fingerprint density at radius 3 is 2.17 bits per heavy atom. The molecule has 190 valence electrons. The maximum absolute atomic E-state index is 13.3. The van der Waals surface area contributed by atoms with Crippen LogP contribution < -0.4 is 4.74 Å². The Labute approximate surface area is 213 Å². The van der Waals surface area contributed by atoms with Gasteiger partial charge >= 0.3 is 6.09 Å². The third-order valence-electron chi connectivity index (χ3n) is 6.70. The molecule has 0 bridgehead atoms. The summed E-state index contributed by atoms with van der Waals surface area (Å²) in [6.07, 6.45) is 0.556. The van der Waals surface area contributed by atoms with E-state index in [1.165, 1.54) is 0 Å². The molecular formula is C30H35NO5. The summed E-state index contributed by atoms with van der Waals surface area (Å²) >= 11 is 0. The van der Waals surface area contributed by atoms with E-state index in [-0.39, 0.29) is 25.3 Å². The Morgan fingerprint density at radius 1 is 1.00 bits per heavy atom. The minimum absolute atomic E-state index is 0.0153. The highest BCUT2D eigenvalue weighted by Gasteiger charge is 2.46. The molecule has 3 aromatic rings. The van der Waals surface area contributed by atoms with Gasteiger partial charge in [-0.25, -0.2) is 4.79 Å². The second-order valence-electron chi connectivity index (χ2n) is 10.1. The third kappa shape index (κ3) is 5.89. The van der Waals surface area contributed by atoms with Crippen LogP contribution in [0.15, 0.2) is 78.9 Å². The molecule has 4 rings (SSSR count). The van der Waals surface area contributed by atoms with Crippen molar-refractivity contribution in [3.05, 3.63) is 90.0 Å². The van der Waals surface area contributed by atoms with Crippen molar-refractivity contribution in [1.82, 2.24) is 4.90 Å². The van der Waals surface area contributed by atoms with Crippen LogP contribution in [0.1, 0.15) is 50.8 Å². The average molecular weight is 490 g/mol. The first-order valence-corrected chi connectivity index (χ1v) is 12.4. The van der Waals surface area contributed by atoms with Crippen molar-refractivity contribution in [1.29, 1.82) is 0 Å². The highest BCUT2D eigenvalue weighted by molar-refractivity contribution is 5.70. The number of cyclic esters (lactones) is 1. The maximum Gasteiger partial charge on any atom is 0.411 e. The molecule has 6 heteroatoms.